The number of rotatable bonds is 5. The summed E-state index contributed by atoms with van der Waals surface area (Å²) in [4.78, 5) is 20.5. The second-order valence-corrected chi connectivity index (χ2v) is 7.83. The number of carbonyl (C=O) groups is 1. The summed E-state index contributed by atoms with van der Waals surface area (Å²) in [6.45, 7) is 6.38. The van der Waals surface area contributed by atoms with Crippen molar-refractivity contribution < 1.29 is 18.7 Å². The van der Waals surface area contributed by atoms with Gasteiger partial charge in [-0.15, -0.1) is 10.2 Å². The van der Waals surface area contributed by atoms with Gasteiger partial charge in [-0.3, -0.25) is 4.90 Å². The number of piperazine rings is 2. The zero-order chi connectivity index (χ0) is 22.5. The topological polar surface area (TPSA) is 88.1 Å². The van der Waals surface area contributed by atoms with Gasteiger partial charge in [-0.2, -0.15) is 0 Å². The standard InChI is InChI=1S/C21H27F2N7O2/c22-16-1-2-18(17(23)15-16)24-21(32)30-11-9-29(10-12-30)20-4-3-19(25-26-20)28-7-5-27(6-8-28)13-14-31/h1-4,15,31H,5-14H2,(H,24,32). The number of urea groups is 1. The van der Waals surface area contributed by atoms with E-state index in [1.54, 1.807) is 4.90 Å². The molecule has 4 rings (SSSR count). The van der Waals surface area contributed by atoms with E-state index in [0.29, 0.717) is 32.7 Å². The van der Waals surface area contributed by atoms with Crippen LogP contribution in [0.25, 0.3) is 0 Å². The van der Waals surface area contributed by atoms with E-state index in [2.05, 4.69) is 30.2 Å². The molecule has 9 nitrogen and oxygen atoms in total. The molecule has 0 radical (unpaired) electrons. The number of hydrogen-bond acceptors (Lipinski definition) is 7. The Hall–Kier alpha value is -3.05. The van der Waals surface area contributed by atoms with Gasteiger partial charge in [0.1, 0.15) is 11.6 Å². The Morgan fingerprint density at radius 2 is 1.50 bits per heavy atom. The number of hydrogen-bond donors (Lipinski definition) is 2. The van der Waals surface area contributed by atoms with E-state index in [4.69, 9.17) is 5.11 Å². The molecule has 2 aromatic rings. The molecule has 0 bridgehead atoms. The van der Waals surface area contributed by atoms with E-state index in [1.807, 2.05) is 12.1 Å². The van der Waals surface area contributed by atoms with Gasteiger partial charge in [0, 0.05) is 65.0 Å². The number of anilines is 3. The maximum absolute atomic E-state index is 13.8. The molecule has 2 fully saturated rings. The first-order valence-corrected chi connectivity index (χ1v) is 10.7. The normalized spacial score (nSPS) is 17.5. The molecule has 0 aliphatic carbocycles. The van der Waals surface area contributed by atoms with Crippen LogP contribution in [0.3, 0.4) is 0 Å². The van der Waals surface area contributed by atoms with Crippen molar-refractivity contribution in [2.45, 2.75) is 0 Å². The first kappa shape index (κ1) is 22.2. The summed E-state index contributed by atoms with van der Waals surface area (Å²) in [7, 11) is 0. The highest BCUT2D eigenvalue weighted by Gasteiger charge is 2.24. The molecular formula is C21H27F2N7O2. The summed E-state index contributed by atoms with van der Waals surface area (Å²) in [5.41, 5.74) is -0.0440. The van der Waals surface area contributed by atoms with Crippen LogP contribution in [0.5, 0.6) is 0 Å². The van der Waals surface area contributed by atoms with Crippen molar-refractivity contribution in [3.8, 4) is 0 Å². The van der Waals surface area contributed by atoms with Crippen molar-refractivity contribution in [3.63, 3.8) is 0 Å². The van der Waals surface area contributed by atoms with E-state index >= 15 is 0 Å². The number of amides is 2. The van der Waals surface area contributed by atoms with Crippen LogP contribution in [0.1, 0.15) is 0 Å². The van der Waals surface area contributed by atoms with Crippen molar-refractivity contribution in [1.82, 2.24) is 20.0 Å². The summed E-state index contributed by atoms with van der Waals surface area (Å²) in [5.74, 6) is 0.0846. The number of nitrogens with zero attached hydrogens (tertiary/aromatic N) is 6. The van der Waals surface area contributed by atoms with Crippen LogP contribution in [-0.2, 0) is 0 Å². The number of halogens is 2. The quantitative estimate of drug-likeness (QED) is 0.713. The molecule has 2 amide bonds. The molecular weight excluding hydrogens is 420 g/mol. The van der Waals surface area contributed by atoms with E-state index in [-0.39, 0.29) is 12.3 Å². The lowest BCUT2D eigenvalue weighted by molar-refractivity contribution is 0.188. The Balaban J connectivity index is 1.27. The fourth-order valence-corrected chi connectivity index (χ4v) is 3.92. The highest BCUT2D eigenvalue weighted by Crippen LogP contribution is 2.19. The van der Waals surface area contributed by atoms with Crippen LogP contribution in [-0.4, -0.2) is 96.6 Å². The molecule has 3 heterocycles. The molecule has 0 atom stereocenters. The Bertz CT molecular complexity index is 915. The second-order valence-electron chi connectivity index (χ2n) is 7.83. The highest BCUT2D eigenvalue weighted by molar-refractivity contribution is 5.89. The Labute approximate surface area is 185 Å². The summed E-state index contributed by atoms with van der Waals surface area (Å²) < 4.78 is 26.8. The first-order valence-electron chi connectivity index (χ1n) is 10.7. The predicted molar refractivity (Wildman–Crippen MR) is 117 cm³/mol. The van der Waals surface area contributed by atoms with Crippen molar-refractivity contribution in [1.29, 1.82) is 0 Å². The lowest BCUT2D eigenvalue weighted by Gasteiger charge is -2.36. The average molecular weight is 447 g/mol. The summed E-state index contributed by atoms with van der Waals surface area (Å²) in [5, 5.41) is 20.3. The Morgan fingerprint density at radius 3 is 2.03 bits per heavy atom. The zero-order valence-electron chi connectivity index (χ0n) is 17.8. The Morgan fingerprint density at radius 1 is 0.906 bits per heavy atom. The van der Waals surface area contributed by atoms with Crippen LogP contribution in [0, 0.1) is 11.6 Å². The monoisotopic (exact) mass is 447 g/mol. The smallest absolute Gasteiger partial charge is 0.322 e. The van der Waals surface area contributed by atoms with Gasteiger partial charge in [-0.25, -0.2) is 13.6 Å². The third-order valence-electron chi connectivity index (χ3n) is 5.81. The van der Waals surface area contributed by atoms with Gasteiger partial charge in [0.15, 0.2) is 11.6 Å². The van der Waals surface area contributed by atoms with Crippen molar-refractivity contribution in [2.75, 3.05) is 80.6 Å². The minimum absolute atomic E-state index is 0.0440. The van der Waals surface area contributed by atoms with Crippen LogP contribution >= 0.6 is 0 Å². The summed E-state index contributed by atoms with van der Waals surface area (Å²) in [6.07, 6.45) is 0. The highest BCUT2D eigenvalue weighted by atomic mass is 19.1. The fourth-order valence-electron chi connectivity index (χ4n) is 3.92. The van der Waals surface area contributed by atoms with Crippen LogP contribution < -0.4 is 15.1 Å². The van der Waals surface area contributed by atoms with E-state index < -0.39 is 17.7 Å². The molecule has 2 aliphatic rings. The third kappa shape index (κ3) is 5.22. The largest absolute Gasteiger partial charge is 0.395 e. The molecule has 1 aromatic heterocycles. The van der Waals surface area contributed by atoms with Crippen molar-refractivity contribution >= 4 is 23.4 Å². The Kier molecular flexibility index (Phi) is 6.96. The summed E-state index contributed by atoms with van der Waals surface area (Å²) >= 11 is 0. The number of carbonyl (C=O) groups excluding carboxylic acids is 1. The molecule has 0 spiro atoms. The predicted octanol–water partition coefficient (Wildman–Crippen LogP) is 1.22. The molecule has 1 aromatic carbocycles. The number of benzene rings is 1. The lowest BCUT2D eigenvalue weighted by atomic mass is 10.3. The molecule has 2 aliphatic heterocycles. The zero-order valence-corrected chi connectivity index (χ0v) is 17.8. The molecule has 32 heavy (non-hydrogen) atoms. The molecule has 2 saturated heterocycles. The second kappa shape index (κ2) is 10.0. The summed E-state index contributed by atoms with van der Waals surface area (Å²) in [6, 6.07) is 6.53. The van der Waals surface area contributed by atoms with E-state index in [0.717, 1.165) is 49.9 Å². The molecule has 11 heteroatoms. The van der Waals surface area contributed by atoms with Gasteiger partial charge in [0.2, 0.25) is 0 Å². The maximum Gasteiger partial charge on any atom is 0.322 e. The first-order chi connectivity index (χ1) is 15.5. The fraction of sp³-hybridized carbons (Fsp3) is 0.476. The molecule has 0 unspecified atom stereocenters. The van der Waals surface area contributed by atoms with Gasteiger partial charge < -0.3 is 25.1 Å². The molecule has 0 saturated carbocycles. The van der Waals surface area contributed by atoms with Crippen LogP contribution in [0.4, 0.5) is 30.9 Å². The number of aliphatic hydroxyl groups excluding tert-OH is 1. The molecule has 172 valence electrons. The minimum atomic E-state index is -0.804. The van der Waals surface area contributed by atoms with Crippen molar-refractivity contribution in [2.24, 2.45) is 0 Å². The number of nitrogens with one attached hydrogen (secondary N) is 1. The van der Waals surface area contributed by atoms with Gasteiger partial charge in [-0.1, -0.05) is 0 Å². The number of β-amino-alcohol motifs (C(OH)–C–C–N with tert-alkyl or cyclic N) is 1. The van der Waals surface area contributed by atoms with Gasteiger partial charge in [-0.05, 0) is 24.3 Å². The average Bonchev–Trinajstić information content (AvgIpc) is 2.82. The van der Waals surface area contributed by atoms with Crippen LogP contribution in [0.2, 0.25) is 0 Å². The van der Waals surface area contributed by atoms with Gasteiger partial charge in [0.25, 0.3) is 0 Å². The van der Waals surface area contributed by atoms with E-state index in [9.17, 15) is 13.6 Å². The van der Waals surface area contributed by atoms with Crippen LogP contribution in [0.15, 0.2) is 30.3 Å². The maximum atomic E-state index is 13.8. The SMILES string of the molecule is O=C(Nc1ccc(F)cc1F)N1CCN(c2ccc(N3CCN(CCO)CC3)nn2)CC1. The molecule has 2 N–H and O–H groups in total. The van der Waals surface area contributed by atoms with E-state index in [1.165, 1.54) is 6.07 Å². The third-order valence-corrected chi connectivity index (χ3v) is 5.81. The van der Waals surface area contributed by atoms with Gasteiger partial charge in [0.05, 0.1) is 12.3 Å². The lowest BCUT2D eigenvalue weighted by Crippen LogP contribution is -2.50. The van der Waals surface area contributed by atoms with Gasteiger partial charge >= 0.3 is 6.03 Å². The minimum Gasteiger partial charge on any atom is -0.395 e. The van der Waals surface area contributed by atoms with Crippen molar-refractivity contribution in [3.05, 3.63) is 42.0 Å². The number of aromatic nitrogens is 2. The number of aliphatic hydroxyl groups is 1.